The van der Waals surface area contributed by atoms with Crippen molar-refractivity contribution in [3.63, 3.8) is 0 Å². The second-order valence-electron chi connectivity index (χ2n) is 4.50. The van der Waals surface area contributed by atoms with Crippen molar-refractivity contribution in [1.82, 2.24) is 0 Å². The van der Waals surface area contributed by atoms with Crippen LogP contribution in [0.5, 0.6) is 0 Å². The van der Waals surface area contributed by atoms with Crippen molar-refractivity contribution in [2.24, 2.45) is 0 Å². The molecule has 2 aromatic carbocycles. The molecule has 0 spiro atoms. The Kier molecular flexibility index (Phi) is 4.31. The van der Waals surface area contributed by atoms with Gasteiger partial charge in [-0.3, -0.25) is 4.79 Å². The van der Waals surface area contributed by atoms with Gasteiger partial charge in [-0.25, -0.2) is 4.39 Å². The van der Waals surface area contributed by atoms with Crippen LogP contribution in [0.1, 0.15) is 27.4 Å². The monoisotopic (exact) mass is 331 g/mol. The molecule has 0 bridgehead atoms. The molecular formula is C16H11BrFNO. The Morgan fingerprint density at radius 1 is 1.30 bits per heavy atom. The van der Waals surface area contributed by atoms with E-state index in [1.807, 2.05) is 19.1 Å². The van der Waals surface area contributed by atoms with E-state index in [4.69, 9.17) is 0 Å². The largest absolute Gasteiger partial charge is 0.292 e. The molecule has 20 heavy (non-hydrogen) atoms. The fourth-order valence-electron chi connectivity index (χ4n) is 2.02. The number of nitrogens with zero attached hydrogens (tertiary/aromatic N) is 1. The summed E-state index contributed by atoms with van der Waals surface area (Å²) in [6.45, 7) is 1.87. The molecule has 0 aliphatic heterocycles. The highest BCUT2D eigenvalue weighted by atomic mass is 79.9. The second-order valence-corrected chi connectivity index (χ2v) is 5.41. The van der Waals surface area contributed by atoms with Crippen LogP contribution in [0.3, 0.4) is 0 Å². The number of aryl methyl sites for hydroxylation is 1. The van der Waals surface area contributed by atoms with E-state index >= 15 is 0 Å². The Bertz CT molecular complexity index is 686. The molecule has 100 valence electrons. The summed E-state index contributed by atoms with van der Waals surface area (Å²) in [6.07, 6.45) is 0. The van der Waals surface area contributed by atoms with Gasteiger partial charge in [0.15, 0.2) is 5.78 Å². The first-order chi connectivity index (χ1) is 9.51. The Morgan fingerprint density at radius 2 is 2.05 bits per heavy atom. The van der Waals surface area contributed by atoms with E-state index in [1.54, 1.807) is 18.2 Å². The van der Waals surface area contributed by atoms with Crippen molar-refractivity contribution in [3.8, 4) is 6.07 Å². The van der Waals surface area contributed by atoms with Gasteiger partial charge in [0.05, 0.1) is 6.07 Å². The van der Waals surface area contributed by atoms with E-state index < -0.39 is 11.7 Å². The van der Waals surface area contributed by atoms with Crippen LogP contribution in [-0.2, 0) is 0 Å². The third kappa shape index (κ3) is 3.12. The number of nitriles is 1. The van der Waals surface area contributed by atoms with Gasteiger partial charge in [-0.2, -0.15) is 5.26 Å². The highest BCUT2D eigenvalue weighted by molar-refractivity contribution is 9.10. The Morgan fingerprint density at radius 3 is 2.65 bits per heavy atom. The highest BCUT2D eigenvalue weighted by Crippen LogP contribution is 2.24. The minimum Gasteiger partial charge on any atom is -0.292 e. The topological polar surface area (TPSA) is 40.9 Å². The molecule has 1 atom stereocenters. The average molecular weight is 332 g/mol. The summed E-state index contributed by atoms with van der Waals surface area (Å²) in [5.41, 5.74) is 1.72. The summed E-state index contributed by atoms with van der Waals surface area (Å²) in [4.78, 5) is 12.4. The number of halogens is 2. The highest BCUT2D eigenvalue weighted by Gasteiger charge is 2.22. The average Bonchev–Trinajstić information content (AvgIpc) is 2.38. The number of Topliss-reactive ketones (excluding diaryl/α,β-unsaturated/α-hetero) is 1. The Labute approximate surface area is 125 Å². The molecule has 2 aromatic rings. The molecule has 0 aliphatic carbocycles. The van der Waals surface area contributed by atoms with Crippen LogP contribution in [-0.4, -0.2) is 5.78 Å². The maximum absolute atomic E-state index is 13.2. The van der Waals surface area contributed by atoms with Gasteiger partial charge in [0.2, 0.25) is 0 Å². The zero-order valence-corrected chi connectivity index (χ0v) is 12.3. The zero-order valence-electron chi connectivity index (χ0n) is 10.7. The molecule has 2 rings (SSSR count). The van der Waals surface area contributed by atoms with Crippen molar-refractivity contribution in [2.75, 3.05) is 0 Å². The normalized spacial score (nSPS) is 11.7. The minimum absolute atomic E-state index is 0.331. The zero-order chi connectivity index (χ0) is 14.7. The molecule has 4 heteroatoms. The molecule has 0 fully saturated rings. The summed E-state index contributed by atoms with van der Waals surface area (Å²) in [5, 5.41) is 9.24. The summed E-state index contributed by atoms with van der Waals surface area (Å²) in [7, 11) is 0. The maximum atomic E-state index is 13.2. The third-order valence-electron chi connectivity index (χ3n) is 2.90. The molecule has 0 saturated carbocycles. The van der Waals surface area contributed by atoms with Gasteiger partial charge in [-0.1, -0.05) is 28.1 Å². The first-order valence-electron chi connectivity index (χ1n) is 5.98. The summed E-state index contributed by atoms with van der Waals surface area (Å²) in [5.74, 6) is -1.79. The molecule has 1 unspecified atom stereocenters. The van der Waals surface area contributed by atoms with E-state index in [0.29, 0.717) is 11.1 Å². The molecule has 0 N–H and O–H groups in total. The fourth-order valence-corrected chi connectivity index (χ4v) is 2.62. The minimum atomic E-state index is -1.00. The number of hydrogen-bond donors (Lipinski definition) is 0. The summed E-state index contributed by atoms with van der Waals surface area (Å²) in [6, 6.07) is 12.8. The SMILES string of the molecule is Cc1cc(Br)cc(C(=O)C(C#N)c2cccc(F)c2)c1. The van der Waals surface area contributed by atoms with Crippen molar-refractivity contribution in [1.29, 1.82) is 5.26 Å². The predicted octanol–water partition coefficient (Wildman–Crippen LogP) is 4.39. The van der Waals surface area contributed by atoms with E-state index in [1.165, 1.54) is 18.2 Å². The van der Waals surface area contributed by atoms with E-state index in [0.717, 1.165) is 10.0 Å². The van der Waals surface area contributed by atoms with Gasteiger partial charge in [0.1, 0.15) is 11.7 Å². The molecule has 0 aromatic heterocycles. The lowest BCUT2D eigenvalue weighted by molar-refractivity contribution is 0.0978. The lowest BCUT2D eigenvalue weighted by Crippen LogP contribution is -2.11. The Balaban J connectivity index is 2.42. The van der Waals surface area contributed by atoms with Crippen LogP contribution in [0.25, 0.3) is 0 Å². The number of carbonyl (C=O) groups excluding carboxylic acids is 1. The van der Waals surface area contributed by atoms with Gasteiger partial charge >= 0.3 is 0 Å². The summed E-state index contributed by atoms with van der Waals surface area (Å²) >= 11 is 3.33. The molecular weight excluding hydrogens is 321 g/mol. The van der Waals surface area contributed by atoms with Gasteiger partial charge in [0, 0.05) is 10.0 Å². The molecule has 2 nitrogen and oxygen atoms in total. The maximum Gasteiger partial charge on any atom is 0.184 e. The predicted molar refractivity (Wildman–Crippen MR) is 78.0 cm³/mol. The van der Waals surface area contributed by atoms with Crippen molar-refractivity contribution < 1.29 is 9.18 Å². The number of benzene rings is 2. The quantitative estimate of drug-likeness (QED) is 0.783. The van der Waals surface area contributed by atoms with Crippen LogP contribution >= 0.6 is 15.9 Å². The van der Waals surface area contributed by atoms with E-state index in [-0.39, 0.29) is 5.78 Å². The molecule has 0 radical (unpaired) electrons. The van der Waals surface area contributed by atoms with Crippen LogP contribution < -0.4 is 0 Å². The standard InChI is InChI=1S/C16H11BrFNO/c1-10-5-12(7-13(17)6-10)16(20)15(9-19)11-3-2-4-14(18)8-11/h2-8,15H,1H3. The van der Waals surface area contributed by atoms with Gasteiger partial charge < -0.3 is 0 Å². The number of carbonyl (C=O) groups is 1. The molecule has 0 amide bonds. The lowest BCUT2D eigenvalue weighted by atomic mass is 9.91. The van der Waals surface area contributed by atoms with Gasteiger partial charge in [-0.05, 0) is 48.4 Å². The van der Waals surface area contributed by atoms with E-state index in [9.17, 15) is 14.4 Å². The van der Waals surface area contributed by atoms with E-state index in [2.05, 4.69) is 15.9 Å². The lowest BCUT2D eigenvalue weighted by Gasteiger charge is -2.10. The molecule has 0 heterocycles. The van der Waals surface area contributed by atoms with Crippen molar-refractivity contribution in [3.05, 3.63) is 69.4 Å². The Hall–Kier alpha value is -1.99. The number of ketones is 1. The van der Waals surface area contributed by atoms with Crippen LogP contribution in [0.4, 0.5) is 4.39 Å². The van der Waals surface area contributed by atoms with Gasteiger partial charge in [0.25, 0.3) is 0 Å². The van der Waals surface area contributed by atoms with Crippen LogP contribution in [0.2, 0.25) is 0 Å². The fraction of sp³-hybridized carbons (Fsp3) is 0.125. The van der Waals surface area contributed by atoms with Gasteiger partial charge in [-0.15, -0.1) is 0 Å². The van der Waals surface area contributed by atoms with Crippen LogP contribution in [0, 0.1) is 24.1 Å². The first-order valence-corrected chi connectivity index (χ1v) is 6.77. The smallest absolute Gasteiger partial charge is 0.184 e. The number of rotatable bonds is 3. The second kappa shape index (κ2) is 5.98. The van der Waals surface area contributed by atoms with Crippen LogP contribution in [0.15, 0.2) is 46.9 Å². The van der Waals surface area contributed by atoms with Crippen molar-refractivity contribution >= 4 is 21.7 Å². The molecule has 0 saturated heterocycles. The molecule has 0 aliphatic rings. The third-order valence-corrected chi connectivity index (χ3v) is 3.36. The summed E-state index contributed by atoms with van der Waals surface area (Å²) < 4.78 is 14.0. The first kappa shape index (κ1) is 14.4. The number of hydrogen-bond acceptors (Lipinski definition) is 2. The van der Waals surface area contributed by atoms with Crippen molar-refractivity contribution in [2.45, 2.75) is 12.8 Å².